The smallest absolute Gasteiger partial charge is 0.194 e. The third-order valence-corrected chi connectivity index (χ3v) is 5.54. The molecule has 30 heavy (non-hydrogen) atoms. The molecule has 0 amide bonds. The van der Waals surface area contributed by atoms with Crippen molar-refractivity contribution in [3.05, 3.63) is 77.2 Å². The minimum Gasteiger partial charge on any atom is -0.357 e. The van der Waals surface area contributed by atoms with Gasteiger partial charge in [-0.1, -0.05) is 36.4 Å². The van der Waals surface area contributed by atoms with Gasteiger partial charge in [0.25, 0.3) is 0 Å². The Morgan fingerprint density at radius 1 is 1.17 bits per heavy atom. The standard InChI is InChI=1S/C24H30N6/c1-4-25-24(29-13-12-22(17-29)21-8-6-5-7-9-21)27-16-20-10-11-23(26-15-20)30-19(3)14-18(2)28-30/h5-11,14-15,22H,4,12-13,16-17H2,1-3H3,(H,25,27). The fourth-order valence-electron chi connectivity index (χ4n) is 4.04. The summed E-state index contributed by atoms with van der Waals surface area (Å²) < 4.78 is 1.88. The Hall–Kier alpha value is -3.15. The summed E-state index contributed by atoms with van der Waals surface area (Å²) >= 11 is 0. The van der Waals surface area contributed by atoms with E-state index in [4.69, 9.17) is 4.99 Å². The third kappa shape index (κ3) is 4.53. The maximum absolute atomic E-state index is 4.89. The van der Waals surface area contributed by atoms with Gasteiger partial charge in [0.05, 0.1) is 12.2 Å². The van der Waals surface area contributed by atoms with Crippen LogP contribution in [0, 0.1) is 13.8 Å². The summed E-state index contributed by atoms with van der Waals surface area (Å²) in [5, 5.41) is 7.96. The molecule has 6 nitrogen and oxygen atoms in total. The first-order chi connectivity index (χ1) is 14.6. The molecule has 6 heteroatoms. The van der Waals surface area contributed by atoms with Gasteiger partial charge < -0.3 is 10.2 Å². The molecule has 1 aliphatic heterocycles. The van der Waals surface area contributed by atoms with Crippen molar-refractivity contribution in [3.63, 3.8) is 0 Å². The Labute approximate surface area is 178 Å². The lowest BCUT2D eigenvalue weighted by Crippen LogP contribution is -2.40. The molecule has 3 aromatic rings. The normalized spacial score (nSPS) is 16.8. The van der Waals surface area contributed by atoms with Gasteiger partial charge in [0.2, 0.25) is 0 Å². The van der Waals surface area contributed by atoms with Crippen LogP contribution >= 0.6 is 0 Å². The lowest BCUT2D eigenvalue weighted by Gasteiger charge is -2.21. The second-order valence-electron chi connectivity index (χ2n) is 7.88. The van der Waals surface area contributed by atoms with E-state index in [0.29, 0.717) is 12.5 Å². The average Bonchev–Trinajstić information content (AvgIpc) is 3.38. The first-order valence-electron chi connectivity index (χ1n) is 10.7. The van der Waals surface area contributed by atoms with E-state index in [1.54, 1.807) is 0 Å². The Balaban J connectivity index is 1.43. The van der Waals surface area contributed by atoms with Crippen LogP contribution in [0.25, 0.3) is 5.82 Å². The van der Waals surface area contributed by atoms with Gasteiger partial charge >= 0.3 is 0 Å². The van der Waals surface area contributed by atoms with E-state index in [1.165, 1.54) is 5.56 Å². The van der Waals surface area contributed by atoms with Gasteiger partial charge in [0.1, 0.15) is 0 Å². The number of aromatic nitrogens is 3. The van der Waals surface area contributed by atoms with Crippen LogP contribution in [0.3, 0.4) is 0 Å². The predicted molar refractivity (Wildman–Crippen MR) is 121 cm³/mol. The lowest BCUT2D eigenvalue weighted by atomic mass is 9.99. The topological polar surface area (TPSA) is 58.3 Å². The quantitative estimate of drug-likeness (QED) is 0.520. The Morgan fingerprint density at radius 3 is 2.67 bits per heavy atom. The van der Waals surface area contributed by atoms with E-state index in [9.17, 15) is 0 Å². The largest absolute Gasteiger partial charge is 0.357 e. The Bertz CT molecular complexity index is 990. The van der Waals surface area contributed by atoms with Crippen LogP contribution in [0.1, 0.15) is 41.8 Å². The molecular formula is C24H30N6. The van der Waals surface area contributed by atoms with Crippen LogP contribution < -0.4 is 5.32 Å². The van der Waals surface area contributed by atoms with Crippen LogP contribution in [0.5, 0.6) is 0 Å². The number of hydrogen-bond acceptors (Lipinski definition) is 3. The Morgan fingerprint density at radius 2 is 2.00 bits per heavy atom. The molecule has 156 valence electrons. The van der Waals surface area contributed by atoms with Gasteiger partial charge in [0.15, 0.2) is 11.8 Å². The minimum absolute atomic E-state index is 0.566. The number of aliphatic imine (C=N–C) groups is 1. The lowest BCUT2D eigenvalue weighted by molar-refractivity contribution is 0.486. The van der Waals surface area contributed by atoms with Crippen LogP contribution in [-0.2, 0) is 6.54 Å². The van der Waals surface area contributed by atoms with Gasteiger partial charge in [-0.05, 0) is 50.5 Å². The molecule has 1 aromatic carbocycles. The molecule has 3 heterocycles. The molecular weight excluding hydrogens is 372 g/mol. The molecule has 1 N–H and O–H groups in total. The summed E-state index contributed by atoms with van der Waals surface area (Å²) in [5.74, 6) is 2.39. The summed E-state index contributed by atoms with van der Waals surface area (Å²) in [7, 11) is 0. The number of nitrogens with one attached hydrogen (secondary N) is 1. The number of likely N-dealkylation sites (tertiary alicyclic amines) is 1. The fraction of sp³-hybridized carbons (Fsp3) is 0.375. The van der Waals surface area contributed by atoms with E-state index in [2.05, 4.69) is 69.7 Å². The first-order valence-corrected chi connectivity index (χ1v) is 10.7. The highest BCUT2D eigenvalue weighted by molar-refractivity contribution is 5.80. The van der Waals surface area contributed by atoms with E-state index < -0.39 is 0 Å². The van der Waals surface area contributed by atoms with E-state index in [-0.39, 0.29) is 0 Å². The van der Waals surface area contributed by atoms with Crippen molar-refractivity contribution >= 4 is 5.96 Å². The van der Waals surface area contributed by atoms with E-state index in [1.807, 2.05) is 30.8 Å². The average molecular weight is 403 g/mol. The molecule has 4 rings (SSSR count). The monoisotopic (exact) mass is 402 g/mol. The molecule has 1 unspecified atom stereocenters. The zero-order valence-electron chi connectivity index (χ0n) is 18.0. The van der Waals surface area contributed by atoms with E-state index >= 15 is 0 Å². The molecule has 2 aromatic heterocycles. The zero-order valence-corrected chi connectivity index (χ0v) is 18.0. The molecule has 1 fully saturated rings. The Kier molecular flexibility index (Phi) is 6.12. The summed E-state index contributed by atoms with van der Waals surface area (Å²) in [6.07, 6.45) is 3.06. The van der Waals surface area contributed by atoms with Crippen LogP contribution in [-0.4, -0.2) is 45.3 Å². The van der Waals surface area contributed by atoms with Crippen molar-refractivity contribution in [2.45, 2.75) is 39.7 Å². The van der Waals surface area contributed by atoms with Crippen molar-refractivity contribution < 1.29 is 0 Å². The van der Waals surface area contributed by atoms with Crippen molar-refractivity contribution in [2.24, 2.45) is 4.99 Å². The van der Waals surface area contributed by atoms with Crippen LogP contribution in [0.15, 0.2) is 59.7 Å². The molecule has 1 atom stereocenters. The van der Waals surface area contributed by atoms with E-state index in [0.717, 1.165) is 54.8 Å². The number of aryl methyl sites for hydroxylation is 2. The number of guanidine groups is 1. The van der Waals surface area contributed by atoms with Gasteiger partial charge in [-0.25, -0.2) is 14.7 Å². The summed E-state index contributed by atoms with van der Waals surface area (Å²) in [4.78, 5) is 11.9. The second-order valence-corrected chi connectivity index (χ2v) is 7.88. The van der Waals surface area contributed by atoms with Gasteiger partial charge in [-0.15, -0.1) is 0 Å². The molecule has 0 spiro atoms. The van der Waals surface area contributed by atoms with Crippen molar-refractivity contribution in [2.75, 3.05) is 19.6 Å². The highest BCUT2D eigenvalue weighted by Crippen LogP contribution is 2.27. The fourth-order valence-corrected chi connectivity index (χ4v) is 4.04. The van der Waals surface area contributed by atoms with Gasteiger partial charge in [-0.3, -0.25) is 0 Å². The van der Waals surface area contributed by atoms with Crippen molar-refractivity contribution in [3.8, 4) is 5.82 Å². The van der Waals surface area contributed by atoms with Gasteiger partial charge in [0, 0.05) is 37.4 Å². The number of hydrogen-bond donors (Lipinski definition) is 1. The summed E-state index contributed by atoms with van der Waals surface area (Å²) in [6, 6.07) is 16.9. The predicted octanol–water partition coefficient (Wildman–Crippen LogP) is 3.84. The van der Waals surface area contributed by atoms with Crippen molar-refractivity contribution in [1.82, 2.24) is 25.0 Å². The van der Waals surface area contributed by atoms with Gasteiger partial charge in [-0.2, -0.15) is 5.10 Å². The number of rotatable bonds is 5. The summed E-state index contributed by atoms with van der Waals surface area (Å²) in [5.41, 5.74) is 4.59. The second kappa shape index (κ2) is 9.11. The highest BCUT2D eigenvalue weighted by atomic mass is 15.3. The number of pyridine rings is 1. The SMILES string of the molecule is CCNC(=NCc1ccc(-n2nc(C)cc2C)nc1)N1CCC(c2ccccc2)C1. The van der Waals surface area contributed by atoms with Crippen LogP contribution in [0.2, 0.25) is 0 Å². The first kappa shape index (κ1) is 20.1. The molecule has 1 aliphatic rings. The maximum Gasteiger partial charge on any atom is 0.194 e. The molecule has 0 radical (unpaired) electrons. The number of benzene rings is 1. The molecule has 0 bridgehead atoms. The van der Waals surface area contributed by atoms with Crippen molar-refractivity contribution in [1.29, 1.82) is 0 Å². The maximum atomic E-state index is 4.89. The minimum atomic E-state index is 0.566. The zero-order chi connectivity index (χ0) is 20.9. The molecule has 1 saturated heterocycles. The third-order valence-electron chi connectivity index (χ3n) is 5.54. The summed E-state index contributed by atoms with van der Waals surface area (Å²) in [6.45, 7) is 9.66. The highest BCUT2D eigenvalue weighted by Gasteiger charge is 2.25. The number of nitrogens with zero attached hydrogens (tertiary/aromatic N) is 5. The molecule has 0 saturated carbocycles. The van der Waals surface area contributed by atoms with Crippen LogP contribution in [0.4, 0.5) is 0 Å². The molecule has 0 aliphatic carbocycles.